The number of carbonyl (C=O) groups is 1. The molecule has 3 heteroatoms. The van der Waals surface area contributed by atoms with Crippen LogP contribution in [0.15, 0.2) is 36.0 Å². The Morgan fingerprint density at radius 2 is 1.76 bits per heavy atom. The zero-order valence-electron chi connectivity index (χ0n) is 11.0. The third-order valence-electron chi connectivity index (χ3n) is 2.04. The van der Waals surface area contributed by atoms with Gasteiger partial charge >= 0.3 is 6.16 Å². The zero-order valence-corrected chi connectivity index (χ0v) is 11.0. The minimum absolute atomic E-state index is 0.183. The fraction of sp³-hybridized carbons (Fsp3) is 0.500. The lowest BCUT2D eigenvalue weighted by atomic mass is 10.1. The van der Waals surface area contributed by atoms with Crippen LogP contribution in [0.4, 0.5) is 4.79 Å². The van der Waals surface area contributed by atoms with E-state index in [-0.39, 0.29) is 13.2 Å². The standard InChI is InChI=1S/C14H22O3/c1-5-10-16-14(15)17-11-9-13(4)8-6-7-12(2)3/h5,7,9H,1,6,8,10-11H2,2-4H3/b13-9+. The minimum atomic E-state index is -0.654. The second kappa shape index (κ2) is 9.70. The van der Waals surface area contributed by atoms with E-state index in [0.717, 1.165) is 12.8 Å². The van der Waals surface area contributed by atoms with E-state index in [0.29, 0.717) is 0 Å². The maximum absolute atomic E-state index is 11.0. The predicted octanol–water partition coefficient (Wildman–Crippen LogP) is 4.02. The summed E-state index contributed by atoms with van der Waals surface area (Å²) >= 11 is 0. The summed E-state index contributed by atoms with van der Waals surface area (Å²) in [7, 11) is 0. The van der Waals surface area contributed by atoms with E-state index in [4.69, 9.17) is 4.74 Å². The van der Waals surface area contributed by atoms with Crippen LogP contribution in [0.3, 0.4) is 0 Å². The van der Waals surface area contributed by atoms with Gasteiger partial charge in [0.2, 0.25) is 0 Å². The lowest BCUT2D eigenvalue weighted by Crippen LogP contribution is -2.07. The highest BCUT2D eigenvalue weighted by molar-refractivity contribution is 5.60. The number of rotatable bonds is 7. The molecule has 96 valence electrons. The second-order valence-electron chi connectivity index (χ2n) is 4.03. The Bertz CT molecular complexity index is 297. The molecule has 0 aliphatic carbocycles. The highest BCUT2D eigenvalue weighted by atomic mass is 16.7. The van der Waals surface area contributed by atoms with Gasteiger partial charge in [-0.3, -0.25) is 0 Å². The van der Waals surface area contributed by atoms with Crippen LogP contribution in [0.5, 0.6) is 0 Å². The molecule has 0 aromatic rings. The van der Waals surface area contributed by atoms with Crippen molar-refractivity contribution in [3.63, 3.8) is 0 Å². The van der Waals surface area contributed by atoms with Crippen LogP contribution in [-0.2, 0) is 9.47 Å². The molecular weight excluding hydrogens is 216 g/mol. The SMILES string of the molecule is C=CCOC(=O)OC/C=C(\C)CCC=C(C)C. The average Bonchev–Trinajstić information content (AvgIpc) is 2.25. The van der Waals surface area contributed by atoms with Gasteiger partial charge in [0.15, 0.2) is 0 Å². The summed E-state index contributed by atoms with van der Waals surface area (Å²) in [5.41, 5.74) is 2.53. The molecule has 0 heterocycles. The van der Waals surface area contributed by atoms with Crippen LogP contribution in [0.25, 0.3) is 0 Å². The fourth-order valence-electron chi connectivity index (χ4n) is 1.11. The summed E-state index contributed by atoms with van der Waals surface area (Å²) in [4.78, 5) is 11.0. The van der Waals surface area contributed by atoms with Crippen molar-refractivity contribution in [2.24, 2.45) is 0 Å². The zero-order chi connectivity index (χ0) is 13.1. The Balaban J connectivity index is 3.72. The van der Waals surface area contributed by atoms with Gasteiger partial charge in [0, 0.05) is 0 Å². The van der Waals surface area contributed by atoms with Crippen LogP contribution >= 0.6 is 0 Å². The Hall–Kier alpha value is -1.51. The highest BCUT2D eigenvalue weighted by Gasteiger charge is 1.99. The van der Waals surface area contributed by atoms with Gasteiger partial charge in [0.05, 0.1) is 0 Å². The molecule has 0 saturated heterocycles. The molecule has 0 rings (SSSR count). The van der Waals surface area contributed by atoms with E-state index >= 15 is 0 Å². The summed E-state index contributed by atoms with van der Waals surface area (Å²) in [6.07, 6.45) is 6.94. The third-order valence-corrected chi connectivity index (χ3v) is 2.04. The minimum Gasteiger partial charge on any atom is -0.430 e. The molecule has 0 unspecified atom stereocenters. The van der Waals surface area contributed by atoms with Crippen LogP contribution in [0, 0.1) is 0 Å². The van der Waals surface area contributed by atoms with Gasteiger partial charge in [-0.05, 0) is 39.7 Å². The van der Waals surface area contributed by atoms with E-state index in [2.05, 4.69) is 31.2 Å². The molecule has 0 amide bonds. The van der Waals surface area contributed by atoms with E-state index in [9.17, 15) is 4.79 Å². The smallest absolute Gasteiger partial charge is 0.430 e. The van der Waals surface area contributed by atoms with Gasteiger partial charge < -0.3 is 9.47 Å². The molecule has 0 aliphatic rings. The molecule has 0 aromatic heterocycles. The van der Waals surface area contributed by atoms with Gasteiger partial charge in [0.1, 0.15) is 13.2 Å². The van der Waals surface area contributed by atoms with Gasteiger partial charge in [-0.1, -0.05) is 29.9 Å². The normalized spacial score (nSPS) is 10.6. The number of ether oxygens (including phenoxy) is 2. The first-order valence-electron chi connectivity index (χ1n) is 5.75. The van der Waals surface area contributed by atoms with Crippen LogP contribution in [0.1, 0.15) is 33.6 Å². The van der Waals surface area contributed by atoms with Crippen molar-refractivity contribution in [1.82, 2.24) is 0 Å². The van der Waals surface area contributed by atoms with Crippen molar-refractivity contribution in [2.45, 2.75) is 33.6 Å². The Morgan fingerprint density at radius 3 is 2.35 bits per heavy atom. The lowest BCUT2D eigenvalue weighted by molar-refractivity contribution is 0.0717. The van der Waals surface area contributed by atoms with E-state index in [1.165, 1.54) is 17.2 Å². The van der Waals surface area contributed by atoms with Gasteiger partial charge in [-0.25, -0.2) is 4.79 Å². The first-order chi connectivity index (χ1) is 8.06. The summed E-state index contributed by atoms with van der Waals surface area (Å²) < 4.78 is 9.51. The third kappa shape index (κ3) is 10.8. The van der Waals surface area contributed by atoms with Gasteiger partial charge in [-0.2, -0.15) is 0 Å². The number of hydrogen-bond donors (Lipinski definition) is 0. The first kappa shape index (κ1) is 15.5. The fourth-order valence-corrected chi connectivity index (χ4v) is 1.11. The van der Waals surface area contributed by atoms with Gasteiger partial charge in [0.25, 0.3) is 0 Å². The second-order valence-corrected chi connectivity index (χ2v) is 4.03. The van der Waals surface area contributed by atoms with Crippen molar-refractivity contribution >= 4 is 6.16 Å². The molecule has 0 saturated carbocycles. The number of carbonyl (C=O) groups excluding carboxylic acids is 1. The molecule has 0 atom stereocenters. The van der Waals surface area contributed by atoms with Crippen molar-refractivity contribution in [3.05, 3.63) is 36.0 Å². The van der Waals surface area contributed by atoms with E-state index < -0.39 is 6.16 Å². The lowest BCUT2D eigenvalue weighted by Gasteiger charge is -2.03. The Morgan fingerprint density at radius 1 is 1.12 bits per heavy atom. The molecule has 0 aliphatic heterocycles. The largest absolute Gasteiger partial charge is 0.508 e. The summed E-state index contributed by atoms with van der Waals surface area (Å²) in [5, 5.41) is 0. The molecule has 0 N–H and O–H groups in total. The van der Waals surface area contributed by atoms with Crippen LogP contribution in [-0.4, -0.2) is 19.4 Å². The molecule has 3 nitrogen and oxygen atoms in total. The Kier molecular flexibility index (Phi) is 8.84. The van der Waals surface area contributed by atoms with Gasteiger partial charge in [-0.15, -0.1) is 0 Å². The van der Waals surface area contributed by atoms with Crippen LogP contribution in [0.2, 0.25) is 0 Å². The monoisotopic (exact) mass is 238 g/mol. The quantitative estimate of drug-likeness (QED) is 0.496. The topological polar surface area (TPSA) is 35.5 Å². The van der Waals surface area contributed by atoms with Crippen molar-refractivity contribution in [1.29, 1.82) is 0 Å². The molecule has 0 fully saturated rings. The first-order valence-corrected chi connectivity index (χ1v) is 5.75. The number of allylic oxidation sites excluding steroid dienone is 3. The molecule has 0 radical (unpaired) electrons. The summed E-state index contributed by atoms with van der Waals surface area (Å²) in [6, 6.07) is 0. The molecule has 0 spiro atoms. The summed E-state index contributed by atoms with van der Waals surface area (Å²) in [6.45, 7) is 10.1. The predicted molar refractivity (Wildman–Crippen MR) is 69.9 cm³/mol. The molecule has 0 bridgehead atoms. The highest BCUT2D eigenvalue weighted by Crippen LogP contribution is 2.06. The van der Waals surface area contributed by atoms with Crippen molar-refractivity contribution < 1.29 is 14.3 Å². The van der Waals surface area contributed by atoms with E-state index in [1.54, 1.807) is 0 Å². The molecular formula is C14H22O3. The maximum Gasteiger partial charge on any atom is 0.508 e. The number of hydrogen-bond acceptors (Lipinski definition) is 3. The van der Waals surface area contributed by atoms with E-state index in [1.807, 2.05) is 13.0 Å². The average molecular weight is 238 g/mol. The van der Waals surface area contributed by atoms with Crippen molar-refractivity contribution in [3.8, 4) is 0 Å². The Labute approximate surface area is 104 Å². The summed E-state index contributed by atoms with van der Waals surface area (Å²) in [5.74, 6) is 0. The molecule has 0 aromatic carbocycles. The maximum atomic E-state index is 11.0. The molecule has 17 heavy (non-hydrogen) atoms. The van der Waals surface area contributed by atoms with Crippen LogP contribution < -0.4 is 0 Å². The van der Waals surface area contributed by atoms with Crippen molar-refractivity contribution in [2.75, 3.05) is 13.2 Å².